The Bertz CT molecular complexity index is 636. The highest BCUT2D eigenvalue weighted by Crippen LogP contribution is 2.32. The molecule has 0 saturated heterocycles. The normalized spacial score (nSPS) is 14.0. The first-order valence-electron chi connectivity index (χ1n) is 7.68. The van der Waals surface area contributed by atoms with Gasteiger partial charge in [-0.15, -0.1) is 0 Å². The smallest absolute Gasteiger partial charge is 0.416 e. The quantitative estimate of drug-likeness (QED) is 0.807. The minimum absolute atomic E-state index is 0.618. The summed E-state index contributed by atoms with van der Waals surface area (Å²) in [4.78, 5) is 0. The van der Waals surface area contributed by atoms with Crippen LogP contribution in [-0.2, 0) is 12.7 Å². The zero-order valence-corrected chi connectivity index (χ0v) is 13.2. The number of rotatable bonds is 1. The monoisotopic (exact) mass is 323 g/mol. The summed E-state index contributed by atoms with van der Waals surface area (Å²) >= 11 is 0. The zero-order valence-electron chi connectivity index (χ0n) is 13.2. The fourth-order valence-corrected chi connectivity index (χ4v) is 2.35. The lowest BCUT2D eigenvalue weighted by Crippen LogP contribution is -2.16. The average molecular weight is 323 g/mol. The van der Waals surface area contributed by atoms with Gasteiger partial charge in [-0.25, -0.2) is 0 Å². The van der Waals surface area contributed by atoms with Gasteiger partial charge in [-0.1, -0.05) is 32.0 Å². The van der Waals surface area contributed by atoms with E-state index in [4.69, 9.17) is 4.74 Å². The second-order valence-corrected chi connectivity index (χ2v) is 4.92. The van der Waals surface area contributed by atoms with E-state index < -0.39 is 11.7 Å². The van der Waals surface area contributed by atoms with Gasteiger partial charge >= 0.3 is 6.18 Å². The van der Waals surface area contributed by atoms with Gasteiger partial charge in [0.25, 0.3) is 0 Å². The third kappa shape index (κ3) is 4.26. The van der Waals surface area contributed by atoms with Crippen LogP contribution in [0.4, 0.5) is 13.2 Å². The Kier molecular flexibility index (Phi) is 5.66. The van der Waals surface area contributed by atoms with Crippen LogP contribution in [0.25, 0.3) is 11.1 Å². The lowest BCUT2D eigenvalue weighted by atomic mass is 10.0. The molecule has 3 rings (SSSR count). The fraction of sp³-hybridized carbons (Fsp3) is 0.333. The molecule has 0 atom stereocenters. The molecule has 2 nitrogen and oxygen atoms in total. The van der Waals surface area contributed by atoms with Crippen molar-refractivity contribution >= 4 is 0 Å². The summed E-state index contributed by atoms with van der Waals surface area (Å²) in [6, 6.07) is 10.9. The maximum atomic E-state index is 12.6. The lowest BCUT2D eigenvalue weighted by molar-refractivity contribution is -0.137. The van der Waals surface area contributed by atoms with Crippen molar-refractivity contribution in [1.82, 2.24) is 5.32 Å². The first-order valence-corrected chi connectivity index (χ1v) is 7.68. The van der Waals surface area contributed by atoms with E-state index in [-0.39, 0.29) is 0 Å². The fourth-order valence-electron chi connectivity index (χ4n) is 2.35. The summed E-state index contributed by atoms with van der Waals surface area (Å²) in [5.41, 5.74) is 2.03. The Balaban J connectivity index is 0.000000924. The molecule has 124 valence electrons. The largest absolute Gasteiger partial charge is 0.492 e. The van der Waals surface area contributed by atoms with Gasteiger partial charge in [0.15, 0.2) is 0 Å². The molecule has 0 fully saturated rings. The highest BCUT2D eigenvalue weighted by Gasteiger charge is 2.29. The predicted octanol–water partition coefficient (Wildman–Crippen LogP) is 4.88. The van der Waals surface area contributed by atoms with Crippen LogP contribution in [0, 0.1) is 0 Å². The van der Waals surface area contributed by atoms with Crippen molar-refractivity contribution in [2.75, 3.05) is 13.2 Å². The highest BCUT2D eigenvalue weighted by molar-refractivity contribution is 5.66. The molecule has 23 heavy (non-hydrogen) atoms. The molecule has 5 heteroatoms. The number of fused-ring (bicyclic) bond motifs is 1. The molecule has 0 unspecified atom stereocenters. The van der Waals surface area contributed by atoms with Crippen molar-refractivity contribution in [1.29, 1.82) is 0 Å². The zero-order chi connectivity index (χ0) is 16.9. The van der Waals surface area contributed by atoms with Gasteiger partial charge in [-0.2, -0.15) is 13.2 Å². The Morgan fingerprint density at radius 3 is 2.26 bits per heavy atom. The maximum Gasteiger partial charge on any atom is 0.416 e. The van der Waals surface area contributed by atoms with Crippen LogP contribution in [0.2, 0.25) is 0 Å². The van der Waals surface area contributed by atoms with E-state index in [2.05, 4.69) is 5.32 Å². The first kappa shape index (κ1) is 17.3. The molecular weight excluding hydrogens is 303 g/mol. The topological polar surface area (TPSA) is 21.3 Å². The molecule has 1 aliphatic heterocycles. The Hall–Kier alpha value is -2.01. The number of benzene rings is 2. The molecule has 1 N–H and O–H groups in total. The molecule has 0 bridgehead atoms. The van der Waals surface area contributed by atoms with Crippen molar-refractivity contribution in [3.63, 3.8) is 0 Å². The van der Waals surface area contributed by atoms with E-state index in [9.17, 15) is 13.2 Å². The van der Waals surface area contributed by atoms with Crippen molar-refractivity contribution in [2.45, 2.75) is 26.6 Å². The maximum absolute atomic E-state index is 12.6. The van der Waals surface area contributed by atoms with Crippen molar-refractivity contribution in [3.8, 4) is 16.9 Å². The summed E-state index contributed by atoms with van der Waals surface area (Å²) in [5, 5.41) is 3.24. The molecule has 1 aliphatic rings. The molecule has 2 aromatic rings. The van der Waals surface area contributed by atoms with Crippen LogP contribution < -0.4 is 10.1 Å². The molecular formula is C18H20F3NO. The number of halogens is 3. The third-order valence-corrected chi connectivity index (χ3v) is 3.46. The number of hydrogen-bond acceptors (Lipinski definition) is 2. The van der Waals surface area contributed by atoms with Crippen molar-refractivity contribution in [2.24, 2.45) is 0 Å². The number of alkyl halides is 3. The summed E-state index contributed by atoms with van der Waals surface area (Å²) in [6.45, 7) is 6.10. The summed E-state index contributed by atoms with van der Waals surface area (Å²) in [7, 11) is 0. The average Bonchev–Trinajstić information content (AvgIpc) is 2.80. The number of nitrogens with one attached hydrogen (secondary N) is 1. The van der Waals surface area contributed by atoms with Crippen LogP contribution in [0.1, 0.15) is 25.0 Å². The van der Waals surface area contributed by atoms with Gasteiger partial charge in [0.1, 0.15) is 12.4 Å². The van der Waals surface area contributed by atoms with Crippen molar-refractivity contribution < 1.29 is 17.9 Å². The predicted molar refractivity (Wildman–Crippen MR) is 85.4 cm³/mol. The molecule has 0 aromatic heterocycles. The standard InChI is InChI=1S/C16H14F3NO.C2H6/c17-16(18,19)14-4-1-11(2-5-14)12-3-6-15-13(9-12)10-20-7-8-21-15;1-2/h1-6,9,20H,7-8,10H2;1-2H3. The van der Waals surface area contributed by atoms with Crippen molar-refractivity contribution in [3.05, 3.63) is 53.6 Å². The van der Waals surface area contributed by atoms with Crippen LogP contribution in [0.15, 0.2) is 42.5 Å². The van der Waals surface area contributed by atoms with Gasteiger partial charge in [-0.3, -0.25) is 0 Å². The molecule has 0 aliphatic carbocycles. The van der Waals surface area contributed by atoms with Crippen LogP contribution in [0.3, 0.4) is 0 Å². The van der Waals surface area contributed by atoms with E-state index in [0.717, 1.165) is 41.1 Å². The number of hydrogen-bond donors (Lipinski definition) is 1. The van der Waals surface area contributed by atoms with Gasteiger partial charge in [0.2, 0.25) is 0 Å². The molecule has 1 heterocycles. The summed E-state index contributed by atoms with van der Waals surface area (Å²) in [5.74, 6) is 0.829. The molecule has 0 amide bonds. The Morgan fingerprint density at radius 1 is 0.957 bits per heavy atom. The second kappa shape index (κ2) is 7.51. The van der Waals surface area contributed by atoms with E-state index in [1.165, 1.54) is 12.1 Å². The summed E-state index contributed by atoms with van der Waals surface area (Å²) in [6.07, 6.45) is -4.30. The molecule has 2 aromatic carbocycles. The Labute approximate surface area is 134 Å². The van der Waals surface area contributed by atoms with Gasteiger partial charge in [-0.05, 0) is 35.4 Å². The third-order valence-electron chi connectivity index (χ3n) is 3.46. The summed E-state index contributed by atoms with van der Waals surface area (Å²) < 4.78 is 43.3. The van der Waals surface area contributed by atoms with E-state index in [0.29, 0.717) is 13.2 Å². The second-order valence-electron chi connectivity index (χ2n) is 4.92. The minimum atomic E-state index is -4.30. The molecule has 0 spiro atoms. The van der Waals surface area contributed by atoms with E-state index in [1.807, 2.05) is 32.0 Å². The minimum Gasteiger partial charge on any atom is -0.492 e. The van der Waals surface area contributed by atoms with Crippen LogP contribution >= 0.6 is 0 Å². The van der Waals surface area contributed by atoms with Crippen LogP contribution in [0.5, 0.6) is 5.75 Å². The van der Waals surface area contributed by atoms with E-state index in [1.54, 1.807) is 0 Å². The first-order chi connectivity index (χ1) is 11.0. The highest BCUT2D eigenvalue weighted by atomic mass is 19.4. The van der Waals surface area contributed by atoms with Gasteiger partial charge < -0.3 is 10.1 Å². The Morgan fingerprint density at radius 2 is 1.61 bits per heavy atom. The number of ether oxygens (including phenoxy) is 1. The molecule has 0 radical (unpaired) electrons. The van der Waals surface area contributed by atoms with Gasteiger partial charge in [0.05, 0.1) is 5.56 Å². The SMILES string of the molecule is CC.FC(F)(F)c1ccc(-c2ccc3c(c2)CNCCO3)cc1. The van der Waals surface area contributed by atoms with E-state index >= 15 is 0 Å². The lowest BCUT2D eigenvalue weighted by Gasteiger charge is -2.10. The molecule has 0 saturated carbocycles. The van der Waals surface area contributed by atoms with Gasteiger partial charge in [0, 0.05) is 18.7 Å². The van der Waals surface area contributed by atoms with Crippen LogP contribution in [-0.4, -0.2) is 13.2 Å².